The lowest BCUT2D eigenvalue weighted by atomic mass is 10.1. The molecule has 0 aromatic heterocycles. The van der Waals surface area contributed by atoms with Crippen molar-refractivity contribution in [1.29, 1.82) is 0 Å². The largest absolute Gasteiger partial charge is 0.379 e. The second-order valence-electron chi connectivity index (χ2n) is 7.77. The zero-order valence-electron chi connectivity index (χ0n) is 18.2. The van der Waals surface area contributed by atoms with Crippen LogP contribution < -0.4 is 10.6 Å². The van der Waals surface area contributed by atoms with Gasteiger partial charge in [0.1, 0.15) is 0 Å². The fourth-order valence-electron chi connectivity index (χ4n) is 3.81. The van der Waals surface area contributed by atoms with Crippen molar-refractivity contribution < 1.29 is 9.53 Å². The van der Waals surface area contributed by atoms with Crippen LogP contribution in [0.3, 0.4) is 0 Å². The quantitative estimate of drug-likeness (QED) is 0.234. The molecule has 0 bridgehead atoms. The Morgan fingerprint density at radius 3 is 2.47 bits per heavy atom. The predicted molar refractivity (Wildman–Crippen MR) is 131 cm³/mol. The van der Waals surface area contributed by atoms with Gasteiger partial charge in [0, 0.05) is 51.7 Å². The number of benzene rings is 1. The Bertz CT molecular complexity index is 669. The molecule has 1 fully saturated rings. The third-order valence-electron chi connectivity index (χ3n) is 5.58. The maximum Gasteiger partial charge on any atom is 0.223 e. The van der Waals surface area contributed by atoms with Gasteiger partial charge in [-0.25, -0.2) is 0 Å². The van der Waals surface area contributed by atoms with Crippen LogP contribution in [0, 0.1) is 0 Å². The van der Waals surface area contributed by atoms with E-state index in [-0.39, 0.29) is 29.9 Å². The lowest BCUT2D eigenvalue weighted by Gasteiger charge is -2.31. The number of carbonyl (C=O) groups is 1. The van der Waals surface area contributed by atoms with Crippen LogP contribution in [0.25, 0.3) is 0 Å². The molecule has 1 aromatic rings. The molecule has 1 saturated heterocycles. The summed E-state index contributed by atoms with van der Waals surface area (Å²) in [6, 6.07) is 8.70. The molecule has 1 aromatic carbocycles. The van der Waals surface area contributed by atoms with Crippen LogP contribution in [0.15, 0.2) is 29.3 Å². The second-order valence-corrected chi connectivity index (χ2v) is 7.77. The van der Waals surface area contributed by atoms with E-state index < -0.39 is 0 Å². The molecule has 8 heteroatoms. The summed E-state index contributed by atoms with van der Waals surface area (Å²) in [5.41, 5.74) is 2.55. The fourth-order valence-corrected chi connectivity index (χ4v) is 3.81. The van der Waals surface area contributed by atoms with Gasteiger partial charge in [-0.05, 0) is 31.4 Å². The van der Waals surface area contributed by atoms with E-state index in [1.165, 1.54) is 11.1 Å². The van der Waals surface area contributed by atoms with Crippen molar-refractivity contribution in [2.24, 2.45) is 4.99 Å². The van der Waals surface area contributed by atoms with Crippen LogP contribution in [0.1, 0.15) is 37.8 Å². The van der Waals surface area contributed by atoms with Crippen LogP contribution in [0.5, 0.6) is 0 Å². The zero-order chi connectivity index (χ0) is 20.5. The maximum atomic E-state index is 12.5. The summed E-state index contributed by atoms with van der Waals surface area (Å²) in [5.74, 6) is 1.06. The molecule has 1 unspecified atom stereocenters. The van der Waals surface area contributed by atoms with Gasteiger partial charge in [0.2, 0.25) is 5.91 Å². The molecule has 0 saturated carbocycles. The van der Waals surface area contributed by atoms with Gasteiger partial charge >= 0.3 is 0 Å². The number of morpholine rings is 1. The number of hydrogen-bond donors (Lipinski definition) is 2. The van der Waals surface area contributed by atoms with Gasteiger partial charge in [0.05, 0.1) is 19.8 Å². The molecule has 7 nitrogen and oxygen atoms in total. The minimum Gasteiger partial charge on any atom is -0.379 e. The van der Waals surface area contributed by atoms with Crippen molar-refractivity contribution in [3.8, 4) is 0 Å². The molecule has 2 aliphatic rings. The van der Waals surface area contributed by atoms with E-state index in [2.05, 4.69) is 41.5 Å². The zero-order valence-corrected chi connectivity index (χ0v) is 20.6. The molecule has 168 valence electrons. The molecule has 0 radical (unpaired) electrons. The Morgan fingerprint density at radius 1 is 1.17 bits per heavy atom. The first-order valence-corrected chi connectivity index (χ1v) is 10.9. The van der Waals surface area contributed by atoms with Crippen LogP contribution in [-0.4, -0.2) is 73.6 Å². The van der Waals surface area contributed by atoms with Crippen molar-refractivity contribution in [2.45, 2.75) is 45.8 Å². The van der Waals surface area contributed by atoms with Gasteiger partial charge < -0.3 is 20.3 Å². The molecule has 0 aliphatic carbocycles. The van der Waals surface area contributed by atoms with Gasteiger partial charge in [-0.3, -0.25) is 14.7 Å². The lowest BCUT2D eigenvalue weighted by molar-refractivity contribution is -0.131. The topological polar surface area (TPSA) is 69.2 Å². The van der Waals surface area contributed by atoms with Gasteiger partial charge in [-0.2, -0.15) is 0 Å². The van der Waals surface area contributed by atoms with Crippen molar-refractivity contribution in [3.63, 3.8) is 0 Å². The van der Waals surface area contributed by atoms with Crippen LogP contribution in [-0.2, 0) is 22.6 Å². The van der Waals surface area contributed by atoms with Gasteiger partial charge in [0.25, 0.3) is 0 Å². The first-order valence-electron chi connectivity index (χ1n) is 10.9. The number of guanidine groups is 1. The second kappa shape index (κ2) is 13.1. The smallest absolute Gasteiger partial charge is 0.223 e. The molecule has 0 spiro atoms. The van der Waals surface area contributed by atoms with Crippen molar-refractivity contribution in [1.82, 2.24) is 20.4 Å². The number of fused-ring (bicyclic) bond motifs is 1. The predicted octanol–water partition coefficient (Wildman–Crippen LogP) is 2.20. The first-order chi connectivity index (χ1) is 14.2. The molecule has 2 aliphatic heterocycles. The maximum absolute atomic E-state index is 12.5. The molecule has 2 heterocycles. The lowest BCUT2D eigenvalue weighted by Crippen LogP contribution is -2.44. The standard InChI is InChI=1S/C22H35N5O2.HI/c1-3-23-22(25-15-18(2)26-11-13-29-14-12-26)24-10-6-9-21(28)27-16-19-7-4-5-8-20(19)17-27;/h4-5,7-8,18H,3,6,9-17H2,1-2H3,(H2,23,24,25);1H. The monoisotopic (exact) mass is 529 g/mol. The Morgan fingerprint density at radius 2 is 1.83 bits per heavy atom. The number of ether oxygens (including phenoxy) is 1. The highest BCUT2D eigenvalue weighted by Crippen LogP contribution is 2.22. The number of carbonyl (C=O) groups excluding carboxylic acids is 1. The summed E-state index contributed by atoms with van der Waals surface area (Å²) in [6.45, 7) is 11.6. The number of nitrogens with zero attached hydrogens (tertiary/aromatic N) is 3. The molecule has 2 N–H and O–H groups in total. The number of nitrogens with one attached hydrogen (secondary N) is 2. The Kier molecular flexibility index (Phi) is 10.9. The summed E-state index contributed by atoms with van der Waals surface area (Å²) >= 11 is 0. The Labute approximate surface area is 197 Å². The average molecular weight is 529 g/mol. The van der Waals surface area contributed by atoms with E-state index in [0.717, 1.165) is 71.4 Å². The van der Waals surface area contributed by atoms with Crippen molar-refractivity contribution in [3.05, 3.63) is 35.4 Å². The number of rotatable bonds is 8. The average Bonchev–Trinajstić information content (AvgIpc) is 3.19. The van der Waals surface area contributed by atoms with E-state index in [4.69, 9.17) is 9.73 Å². The number of amides is 1. The molecule has 1 atom stereocenters. The fraction of sp³-hybridized carbons (Fsp3) is 0.636. The molecule has 1 amide bonds. The van der Waals surface area contributed by atoms with E-state index in [0.29, 0.717) is 12.5 Å². The summed E-state index contributed by atoms with van der Waals surface area (Å²) in [6.07, 6.45) is 1.36. The Hall–Kier alpha value is -1.39. The summed E-state index contributed by atoms with van der Waals surface area (Å²) < 4.78 is 5.42. The van der Waals surface area contributed by atoms with E-state index in [9.17, 15) is 4.79 Å². The minimum absolute atomic E-state index is 0. The third-order valence-corrected chi connectivity index (χ3v) is 5.58. The van der Waals surface area contributed by atoms with E-state index in [1.807, 2.05) is 17.0 Å². The van der Waals surface area contributed by atoms with Crippen LogP contribution in [0.2, 0.25) is 0 Å². The van der Waals surface area contributed by atoms with E-state index >= 15 is 0 Å². The SMILES string of the molecule is CCNC(=NCC(C)N1CCOCC1)NCCCC(=O)N1Cc2ccccc2C1.I. The summed E-state index contributed by atoms with van der Waals surface area (Å²) in [7, 11) is 0. The number of aliphatic imine (C=N–C) groups is 1. The van der Waals surface area contributed by atoms with Crippen LogP contribution in [0.4, 0.5) is 0 Å². The number of hydrogen-bond acceptors (Lipinski definition) is 4. The minimum atomic E-state index is 0. The normalized spacial score (nSPS) is 17.8. The number of halogens is 1. The molecule has 30 heavy (non-hydrogen) atoms. The molecule has 3 rings (SSSR count). The summed E-state index contributed by atoms with van der Waals surface area (Å²) in [4.78, 5) is 21.6. The third kappa shape index (κ3) is 7.39. The van der Waals surface area contributed by atoms with Gasteiger partial charge in [-0.15, -0.1) is 24.0 Å². The summed E-state index contributed by atoms with van der Waals surface area (Å²) in [5, 5.41) is 6.66. The first kappa shape index (κ1) is 24.9. The highest BCUT2D eigenvalue weighted by molar-refractivity contribution is 14.0. The van der Waals surface area contributed by atoms with Gasteiger partial charge in [0.15, 0.2) is 5.96 Å². The van der Waals surface area contributed by atoms with Crippen LogP contribution >= 0.6 is 24.0 Å². The Balaban J connectivity index is 0.00000320. The molecular formula is C22H36IN5O2. The van der Waals surface area contributed by atoms with E-state index in [1.54, 1.807) is 0 Å². The van der Waals surface area contributed by atoms with Gasteiger partial charge in [-0.1, -0.05) is 24.3 Å². The highest BCUT2D eigenvalue weighted by atomic mass is 127. The molecular weight excluding hydrogens is 493 g/mol. The van der Waals surface area contributed by atoms with Crippen molar-refractivity contribution >= 4 is 35.8 Å². The van der Waals surface area contributed by atoms with Crippen molar-refractivity contribution in [2.75, 3.05) is 45.9 Å². The highest BCUT2D eigenvalue weighted by Gasteiger charge is 2.22.